The topological polar surface area (TPSA) is 49.4 Å². The Labute approximate surface area is 146 Å². The minimum Gasteiger partial charge on any atom is -0.317 e. The van der Waals surface area contributed by atoms with Crippen LogP contribution in [0.25, 0.3) is 10.1 Å². The Bertz CT molecular complexity index is 782. The van der Waals surface area contributed by atoms with Gasteiger partial charge >= 0.3 is 0 Å². The van der Waals surface area contributed by atoms with E-state index >= 15 is 0 Å². The van der Waals surface area contributed by atoms with E-state index in [9.17, 15) is 8.42 Å². The first-order chi connectivity index (χ1) is 11.0. The van der Waals surface area contributed by atoms with Gasteiger partial charge in [0.1, 0.15) is 4.21 Å². The van der Waals surface area contributed by atoms with E-state index in [1.165, 1.54) is 11.3 Å². The SMILES string of the molecule is CCCN(C1CCNCC1)S(=O)(=O)c1cc2cc(Cl)ccc2s1. The Morgan fingerprint density at radius 1 is 1.30 bits per heavy atom. The Morgan fingerprint density at radius 3 is 2.74 bits per heavy atom. The van der Waals surface area contributed by atoms with Crippen LogP contribution in [0.5, 0.6) is 0 Å². The van der Waals surface area contributed by atoms with Gasteiger partial charge in [-0.2, -0.15) is 4.31 Å². The first kappa shape index (κ1) is 17.2. The molecule has 0 saturated carbocycles. The molecule has 126 valence electrons. The first-order valence-corrected chi connectivity index (χ1v) is 10.6. The van der Waals surface area contributed by atoms with E-state index in [-0.39, 0.29) is 6.04 Å². The lowest BCUT2D eigenvalue weighted by atomic mass is 10.1. The summed E-state index contributed by atoms with van der Waals surface area (Å²) in [5.41, 5.74) is 0. The van der Waals surface area contributed by atoms with Crippen LogP contribution in [0.3, 0.4) is 0 Å². The molecule has 0 unspecified atom stereocenters. The van der Waals surface area contributed by atoms with Crippen molar-refractivity contribution in [1.29, 1.82) is 0 Å². The standard InChI is InChI=1S/C16H21ClN2O2S2/c1-2-9-19(14-5-7-18-8-6-14)23(20,21)16-11-12-10-13(17)3-4-15(12)22-16/h3-4,10-11,14,18H,2,5-9H2,1H3. The van der Waals surface area contributed by atoms with Crippen molar-refractivity contribution in [2.24, 2.45) is 0 Å². The summed E-state index contributed by atoms with van der Waals surface area (Å²) in [5.74, 6) is 0. The fourth-order valence-corrected chi connectivity index (χ4v) is 6.51. The van der Waals surface area contributed by atoms with Crippen LogP contribution in [0.15, 0.2) is 28.5 Å². The van der Waals surface area contributed by atoms with Crippen molar-refractivity contribution >= 4 is 43.0 Å². The molecule has 7 heteroatoms. The molecule has 1 aromatic heterocycles. The zero-order chi connectivity index (χ0) is 16.4. The van der Waals surface area contributed by atoms with Crippen molar-refractivity contribution < 1.29 is 8.42 Å². The van der Waals surface area contributed by atoms with Crippen LogP contribution < -0.4 is 5.32 Å². The molecule has 1 saturated heterocycles. The Morgan fingerprint density at radius 2 is 2.04 bits per heavy atom. The van der Waals surface area contributed by atoms with Gasteiger partial charge in [0.25, 0.3) is 10.0 Å². The molecular weight excluding hydrogens is 352 g/mol. The van der Waals surface area contributed by atoms with Crippen molar-refractivity contribution in [3.63, 3.8) is 0 Å². The Kier molecular flexibility index (Phi) is 5.28. The van der Waals surface area contributed by atoms with Crippen molar-refractivity contribution in [2.45, 2.75) is 36.4 Å². The molecule has 0 atom stereocenters. The van der Waals surface area contributed by atoms with Gasteiger partial charge < -0.3 is 5.32 Å². The van der Waals surface area contributed by atoms with Crippen molar-refractivity contribution in [3.8, 4) is 0 Å². The normalized spacial score (nSPS) is 17.2. The van der Waals surface area contributed by atoms with Gasteiger partial charge in [-0.3, -0.25) is 0 Å². The Balaban J connectivity index is 1.98. The van der Waals surface area contributed by atoms with Gasteiger partial charge in [-0.25, -0.2) is 8.42 Å². The molecule has 1 N–H and O–H groups in total. The number of thiophene rings is 1. The quantitative estimate of drug-likeness (QED) is 0.870. The average Bonchev–Trinajstić information content (AvgIpc) is 2.97. The summed E-state index contributed by atoms with van der Waals surface area (Å²) in [4.78, 5) is 0. The summed E-state index contributed by atoms with van der Waals surface area (Å²) in [7, 11) is -3.46. The number of sulfonamides is 1. The second-order valence-electron chi connectivity index (χ2n) is 5.84. The third-order valence-corrected chi connectivity index (χ3v) is 7.93. The van der Waals surface area contributed by atoms with E-state index in [2.05, 4.69) is 5.32 Å². The summed E-state index contributed by atoms with van der Waals surface area (Å²) in [5, 5.41) is 4.82. The molecular formula is C16H21ClN2O2S2. The average molecular weight is 373 g/mol. The molecule has 1 aliphatic rings. The van der Waals surface area contributed by atoms with Crippen LogP contribution in [0.1, 0.15) is 26.2 Å². The zero-order valence-electron chi connectivity index (χ0n) is 13.1. The molecule has 23 heavy (non-hydrogen) atoms. The van der Waals surface area contributed by atoms with Crippen LogP contribution in [-0.2, 0) is 10.0 Å². The fourth-order valence-electron chi connectivity index (χ4n) is 3.05. The molecule has 4 nitrogen and oxygen atoms in total. The third kappa shape index (κ3) is 3.56. The minimum atomic E-state index is -3.46. The van der Waals surface area contributed by atoms with Crippen LogP contribution in [0.4, 0.5) is 0 Å². The van der Waals surface area contributed by atoms with Gasteiger partial charge in [0, 0.05) is 22.3 Å². The maximum atomic E-state index is 13.2. The third-order valence-electron chi connectivity index (χ3n) is 4.18. The maximum Gasteiger partial charge on any atom is 0.252 e. The highest BCUT2D eigenvalue weighted by Gasteiger charge is 2.32. The van der Waals surface area contributed by atoms with E-state index in [1.54, 1.807) is 16.4 Å². The molecule has 0 radical (unpaired) electrons. The number of piperidine rings is 1. The Hall–Kier alpha value is -0.660. The van der Waals surface area contributed by atoms with Gasteiger partial charge in [0.2, 0.25) is 0 Å². The predicted octanol–water partition coefficient (Wildman–Crippen LogP) is 3.71. The fraction of sp³-hybridized carbons (Fsp3) is 0.500. The van der Waals surface area contributed by atoms with E-state index in [0.29, 0.717) is 15.8 Å². The van der Waals surface area contributed by atoms with Gasteiger partial charge in [-0.1, -0.05) is 18.5 Å². The molecule has 0 bridgehead atoms. The molecule has 0 aliphatic carbocycles. The summed E-state index contributed by atoms with van der Waals surface area (Å²) in [6.07, 6.45) is 2.56. The van der Waals surface area contributed by atoms with Crippen LogP contribution >= 0.6 is 22.9 Å². The lowest BCUT2D eigenvalue weighted by Gasteiger charge is -2.33. The van der Waals surface area contributed by atoms with Gasteiger partial charge in [0.15, 0.2) is 0 Å². The number of rotatable bonds is 5. The van der Waals surface area contributed by atoms with Gasteiger partial charge in [-0.05, 0) is 62.0 Å². The molecule has 2 aromatic rings. The number of benzene rings is 1. The summed E-state index contributed by atoms with van der Waals surface area (Å²) < 4.78 is 29.4. The molecule has 1 aromatic carbocycles. The van der Waals surface area contributed by atoms with E-state index in [1.807, 2.05) is 19.1 Å². The monoisotopic (exact) mass is 372 g/mol. The highest BCUT2D eigenvalue weighted by Crippen LogP contribution is 2.34. The highest BCUT2D eigenvalue weighted by atomic mass is 35.5. The zero-order valence-corrected chi connectivity index (χ0v) is 15.5. The van der Waals surface area contributed by atoms with Crippen LogP contribution in [0, 0.1) is 0 Å². The lowest BCUT2D eigenvalue weighted by molar-refractivity contribution is 0.263. The molecule has 0 spiro atoms. The van der Waals surface area contributed by atoms with Crippen LogP contribution in [0.2, 0.25) is 5.02 Å². The largest absolute Gasteiger partial charge is 0.317 e. The van der Waals surface area contributed by atoms with Crippen LogP contribution in [-0.4, -0.2) is 38.4 Å². The second-order valence-corrected chi connectivity index (χ2v) is 9.48. The maximum absolute atomic E-state index is 13.2. The summed E-state index contributed by atoms with van der Waals surface area (Å²) in [6, 6.07) is 7.35. The summed E-state index contributed by atoms with van der Waals surface area (Å²) >= 11 is 7.34. The first-order valence-electron chi connectivity index (χ1n) is 7.94. The number of nitrogens with one attached hydrogen (secondary N) is 1. The molecule has 2 heterocycles. The minimum absolute atomic E-state index is 0.0926. The highest BCUT2D eigenvalue weighted by molar-refractivity contribution is 7.91. The van der Waals surface area contributed by atoms with E-state index in [0.717, 1.165) is 42.4 Å². The summed E-state index contributed by atoms with van der Waals surface area (Å²) in [6.45, 7) is 4.35. The molecule has 1 fully saturated rings. The number of halogens is 1. The number of fused-ring (bicyclic) bond motifs is 1. The molecule has 1 aliphatic heterocycles. The van der Waals surface area contributed by atoms with Crippen molar-refractivity contribution in [1.82, 2.24) is 9.62 Å². The predicted molar refractivity (Wildman–Crippen MR) is 96.9 cm³/mol. The van der Waals surface area contributed by atoms with E-state index in [4.69, 9.17) is 11.6 Å². The second kappa shape index (κ2) is 7.07. The van der Waals surface area contributed by atoms with Gasteiger partial charge in [-0.15, -0.1) is 11.3 Å². The number of hydrogen-bond acceptors (Lipinski definition) is 4. The van der Waals surface area contributed by atoms with Crippen molar-refractivity contribution in [3.05, 3.63) is 29.3 Å². The number of hydrogen-bond donors (Lipinski definition) is 1. The smallest absolute Gasteiger partial charge is 0.252 e. The van der Waals surface area contributed by atoms with Crippen molar-refractivity contribution in [2.75, 3.05) is 19.6 Å². The van der Waals surface area contributed by atoms with E-state index < -0.39 is 10.0 Å². The lowest BCUT2D eigenvalue weighted by Crippen LogP contribution is -2.46. The molecule has 3 rings (SSSR count). The number of nitrogens with zero attached hydrogens (tertiary/aromatic N) is 1. The van der Waals surface area contributed by atoms with Gasteiger partial charge in [0.05, 0.1) is 0 Å². The molecule has 0 amide bonds.